The number of hydrogen-bond donors (Lipinski definition) is 2. The number of halogens is 1. The molecular weight excluding hydrogens is 302 g/mol. The first-order valence-corrected chi connectivity index (χ1v) is 6.77. The van der Waals surface area contributed by atoms with Crippen LogP contribution in [0, 0.1) is 13.8 Å². The largest absolute Gasteiger partial charge is 0.347 e. The predicted molar refractivity (Wildman–Crippen MR) is 71.3 cm³/mol. The van der Waals surface area contributed by atoms with Gasteiger partial charge in [0.15, 0.2) is 0 Å². The standard InChI is InChI=1S/C11H12BrN3OS/c1-6-5-17-10(9(6)12)11(16)13-3-8-4-14-15-7(8)2/h4-5H,3H2,1-2H3,(H,13,16)(H,14,15). The summed E-state index contributed by atoms with van der Waals surface area (Å²) in [6.45, 7) is 4.39. The number of H-pyrrole nitrogens is 1. The van der Waals surface area contributed by atoms with Crippen molar-refractivity contribution in [3.8, 4) is 0 Å². The third-order valence-corrected chi connectivity index (χ3v) is 4.86. The van der Waals surface area contributed by atoms with Gasteiger partial charge in [-0.15, -0.1) is 11.3 Å². The van der Waals surface area contributed by atoms with E-state index in [1.165, 1.54) is 11.3 Å². The van der Waals surface area contributed by atoms with E-state index in [2.05, 4.69) is 31.4 Å². The summed E-state index contributed by atoms with van der Waals surface area (Å²) in [5.74, 6) is -0.0597. The van der Waals surface area contributed by atoms with Crippen LogP contribution in [0.1, 0.15) is 26.5 Å². The highest BCUT2D eigenvalue weighted by molar-refractivity contribution is 9.10. The first-order valence-electron chi connectivity index (χ1n) is 5.10. The number of carbonyl (C=O) groups is 1. The molecule has 0 atom stereocenters. The van der Waals surface area contributed by atoms with Gasteiger partial charge in [0.1, 0.15) is 4.88 Å². The van der Waals surface area contributed by atoms with E-state index >= 15 is 0 Å². The SMILES string of the molecule is Cc1csc(C(=O)NCc2cn[nH]c2C)c1Br. The molecule has 2 N–H and O–H groups in total. The second-order valence-electron chi connectivity index (χ2n) is 3.76. The Balaban J connectivity index is 2.03. The fraction of sp³-hybridized carbons (Fsp3) is 0.273. The zero-order valence-electron chi connectivity index (χ0n) is 9.50. The number of nitrogens with one attached hydrogen (secondary N) is 2. The summed E-state index contributed by atoms with van der Waals surface area (Å²) in [5.41, 5.74) is 3.06. The van der Waals surface area contributed by atoms with Crippen LogP contribution >= 0.6 is 27.3 Å². The maximum absolute atomic E-state index is 11.9. The minimum atomic E-state index is -0.0597. The van der Waals surface area contributed by atoms with Gasteiger partial charge in [0, 0.05) is 22.3 Å². The van der Waals surface area contributed by atoms with Crippen LogP contribution in [-0.2, 0) is 6.54 Å². The molecule has 1 amide bonds. The number of thiophene rings is 1. The molecule has 2 aromatic heterocycles. The highest BCUT2D eigenvalue weighted by Crippen LogP contribution is 2.27. The molecule has 0 aromatic carbocycles. The number of rotatable bonds is 3. The van der Waals surface area contributed by atoms with Crippen LogP contribution in [0.4, 0.5) is 0 Å². The van der Waals surface area contributed by atoms with E-state index < -0.39 is 0 Å². The van der Waals surface area contributed by atoms with Crippen LogP contribution in [0.2, 0.25) is 0 Å². The molecule has 0 radical (unpaired) electrons. The highest BCUT2D eigenvalue weighted by atomic mass is 79.9. The van der Waals surface area contributed by atoms with Crippen LogP contribution in [0.3, 0.4) is 0 Å². The van der Waals surface area contributed by atoms with Gasteiger partial charge in [-0.1, -0.05) is 0 Å². The summed E-state index contributed by atoms with van der Waals surface area (Å²) >= 11 is 4.86. The van der Waals surface area contributed by atoms with E-state index in [9.17, 15) is 4.79 Å². The molecule has 0 aliphatic carbocycles. The lowest BCUT2D eigenvalue weighted by molar-refractivity contribution is 0.0954. The molecular formula is C11H12BrN3OS. The first kappa shape index (κ1) is 12.3. The van der Waals surface area contributed by atoms with Gasteiger partial charge in [-0.2, -0.15) is 5.10 Å². The van der Waals surface area contributed by atoms with Gasteiger partial charge in [-0.25, -0.2) is 0 Å². The van der Waals surface area contributed by atoms with Gasteiger partial charge in [-0.05, 0) is 40.7 Å². The molecule has 0 fully saturated rings. The Labute approximate surface area is 112 Å². The van der Waals surface area contributed by atoms with Crippen molar-refractivity contribution in [2.24, 2.45) is 0 Å². The first-order chi connectivity index (χ1) is 8.09. The summed E-state index contributed by atoms with van der Waals surface area (Å²) in [7, 11) is 0. The van der Waals surface area contributed by atoms with Crippen molar-refractivity contribution < 1.29 is 4.79 Å². The van der Waals surface area contributed by atoms with Crippen LogP contribution < -0.4 is 5.32 Å². The number of aryl methyl sites for hydroxylation is 2. The van der Waals surface area contributed by atoms with Crippen molar-refractivity contribution in [2.45, 2.75) is 20.4 Å². The molecule has 0 aliphatic heterocycles. The van der Waals surface area contributed by atoms with Crippen LogP contribution in [0.25, 0.3) is 0 Å². The molecule has 0 saturated heterocycles. The lowest BCUT2D eigenvalue weighted by atomic mass is 10.2. The van der Waals surface area contributed by atoms with Gasteiger partial charge >= 0.3 is 0 Å². The van der Waals surface area contributed by atoms with Gasteiger partial charge in [0.05, 0.1) is 6.20 Å². The van der Waals surface area contributed by atoms with Crippen molar-refractivity contribution >= 4 is 33.2 Å². The monoisotopic (exact) mass is 313 g/mol. The average Bonchev–Trinajstić information content (AvgIpc) is 2.84. The summed E-state index contributed by atoms with van der Waals surface area (Å²) in [6.07, 6.45) is 1.73. The Morgan fingerprint density at radius 3 is 2.88 bits per heavy atom. The summed E-state index contributed by atoms with van der Waals surface area (Å²) in [5, 5.41) is 11.6. The van der Waals surface area contributed by atoms with E-state index in [1.54, 1.807) is 6.20 Å². The maximum atomic E-state index is 11.9. The minimum absolute atomic E-state index is 0.0597. The van der Waals surface area contributed by atoms with Crippen molar-refractivity contribution in [2.75, 3.05) is 0 Å². The van der Waals surface area contributed by atoms with E-state index in [4.69, 9.17) is 0 Å². The van der Waals surface area contributed by atoms with Crippen molar-refractivity contribution in [1.82, 2.24) is 15.5 Å². The zero-order valence-corrected chi connectivity index (χ0v) is 11.9. The quantitative estimate of drug-likeness (QED) is 0.915. The fourth-order valence-electron chi connectivity index (χ4n) is 1.39. The number of aromatic amines is 1. The average molecular weight is 314 g/mol. The molecule has 2 heterocycles. The summed E-state index contributed by atoms with van der Waals surface area (Å²) in [6, 6.07) is 0. The van der Waals surface area contributed by atoms with Crippen molar-refractivity contribution in [3.63, 3.8) is 0 Å². The van der Waals surface area contributed by atoms with Crippen LogP contribution in [0.5, 0.6) is 0 Å². The molecule has 2 rings (SSSR count). The Hall–Kier alpha value is -1.14. The molecule has 4 nitrogen and oxygen atoms in total. The van der Waals surface area contributed by atoms with Gasteiger partial charge in [0.25, 0.3) is 5.91 Å². The molecule has 0 unspecified atom stereocenters. The van der Waals surface area contributed by atoms with Gasteiger partial charge in [-0.3, -0.25) is 9.89 Å². The number of carbonyl (C=O) groups excluding carboxylic acids is 1. The summed E-state index contributed by atoms with van der Waals surface area (Å²) in [4.78, 5) is 12.6. The Kier molecular flexibility index (Phi) is 3.63. The van der Waals surface area contributed by atoms with Gasteiger partial charge < -0.3 is 5.32 Å². The fourth-order valence-corrected chi connectivity index (χ4v) is 2.98. The molecule has 90 valence electrons. The lowest BCUT2D eigenvalue weighted by Crippen LogP contribution is -2.22. The van der Waals surface area contributed by atoms with Crippen LogP contribution in [0.15, 0.2) is 16.0 Å². The highest BCUT2D eigenvalue weighted by Gasteiger charge is 2.14. The van der Waals surface area contributed by atoms with Crippen LogP contribution in [-0.4, -0.2) is 16.1 Å². The normalized spacial score (nSPS) is 10.5. The Morgan fingerprint density at radius 2 is 2.35 bits per heavy atom. The second kappa shape index (κ2) is 5.01. The topological polar surface area (TPSA) is 57.8 Å². The lowest BCUT2D eigenvalue weighted by Gasteiger charge is -2.03. The molecule has 2 aromatic rings. The third-order valence-electron chi connectivity index (χ3n) is 2.48. The Morgan fingerprint density at radius 1 is 1.59 bits per heavy atom. The predicted octanol–water partition coefficient (Wildman–Crippen LogP) is 2.78. The maximum Gasteiger partial charge on any atom is 0.262 e. The molecule has 6 heteroatoms. The van der Waals surface area contributed by atoms with Gasteiger partial charge in [0.2, 0.25) is 0 Å². The van der Waals surface area contributed by atoms with E-state index in [-0.39, 0.29) is 5.91 Å². The number of aromatic nitrogens is 2. The van der Waals surface area contributed by atoms with E-state index in [1.807, 2.05) is 19.2 Å². The Bertz CT molecular complexity index is 547. The van der Waals surface area contributed by atoms with E-state index in [0.717, 1.165) is 21.3 Å². The smallest absolute Gasteiger partial charge is 0.262 e. The number of nitrogens with zero attached hydrogens (tertiary/aromatic N) is 1. The number of amides is 1. The minimum Gasteiger partial charge on any atom is -0.347 e. The van der Waals surface area contributed by atoms with E-state index in [0.29, 0.717) is 11.4 Å². The van der Waals surface area contributed by atoms with Crippen molar-refractivity contribution in [3.05, 3.63) is 37.7 Å². The third kappa shape index (κ3) is 2.58. The molecule has 0 aliphatic rings. The molecule has 0 spiro atoms. The number of hydrogen-bond acceptors (Lipinski definition) is 3. The molecule has 17 heavy (non-hydrogen) atoms. The molecule has 0 saturated carbocycles. The van der Waals surface area contributed by atoms with Crippen molar-refractivity contribution in [1.29, 1.82) is 0 Å². The molecule has 0 bridgehead atoms. The summed E-state index contributed by atoms with van der Waals surface area (Å²) < 4.78 is 0.879. The zero-order chi connectivity index (χ0) is 12.4. The second-order valence-corrected chi connectivity index (χ2v) is 5.44.